The first-order valence-corrected chi connectivity index (χ1v) is 5.58. The summed E-state index contributed by atoms with van der Waals surface area (Å²) in [4.78, 5) is 11.4. The fourth-order valence-corrected chi connectivity index (χ4v) is 1.84. The molecule has 3 nitrogen and oxygen atoms in total. The van der Waals surface area contributed by atoms with E-state index in [4.69, 9.17) is 10.8 Å². The number of halogens is 1. The van der Waals surface area contributed by atoms with Crippen LogP contribution in [0.15, 0.2) is 23.1 Å². The van der Waals surface area contributed by atoms with E-state index in [0.717, 1.165) is 4.90 Å². The zero-order chi connectivity index (χ0) is 11.4. The minimum absolute atomic E-state index is 0.142. The smallest absolute Gasteiger partial charge is 0.320 e. The number of rotatable bonds is 4. The zero-order valence-electron chi connectivity index (χ0n) is 8.24. The Kier molecular flexibility index (Phi) is 4.11. The van der Waals surface area contributed by atoms with Crippen molar-refractivity contribution in [3.63, 3.8) is 0 Å². The van der Waals surface area contributed by atoms with Crippen LogP contribution in [0.3, 0.4) is 0 Å². The Morgan fingerprint density at radius 3 is 2.87 bits per heavy atom. The number of carbonyl (C=O) groups is 1. The average Bonchev–Trinajstić information content (AvgIpc) is 2.18. The quantitative estimate of drug-likeness (QED) is 0.768. The van der Waals surface area contributed by atoms with E-state index < -0.39 is 12.0 Å². The van der Waals surface area contributed by atoms with Gasteiger partial charge in [-0.15, -0.1) is 11.8 Å². The summed E-state index contributed by atoms with van der Waals surface area (Å²) in [6.07, 6.45) is 1.99. The molecule has 5 heteroatoms. The Morgan fingerprint density at radius 2 is 2.33 bits per heavy atom. The summed E-state index contributed by atoms with van der Waals surface area (Å²) in [5.74, 6) is -1.45. The molecule has 0 spiro atoms. The normalized spacial score (nSPS) is 12.5. The molecule has 82 valence electrons. The Labute approximate surface area is 91.5 Å². The van der Waals surface area contributed by atoms with Crippen LogP contribution in [0.25, 0.3) is 0 Å². The van der Waals surface area contributed by atoms with Gasteiger partial charge in [0.05, 0.1) is 0 Å². The Hall–Kier alpha value is -1.07. The predicted molar refractivity (Wildman–Crippen MR) is 57.5 cm³/mol. The molecule has 1 aromatic rings. The van der Waals surface area contributed by atoms with E-state index in [1.165, 1.54) is 23.9 Å². The third-order valence-electron chi connectivity index (χ3n) is 2.00. The first-order valence-electron chi connectivity index (χ1n) is 4.35. The van der Waals surface area contributed by atoms with Crippen LogP contribution < -0.4 is 5.73 Å². The summed E-state index contributed by atoms with van der Waals surface area (Å²) >= 11 is 1.44. The summed E-state index contributed by atoms with van der Waals surface area (Å²) in [5, 5.41) is 8.65. The number of carboxylic acid groups (broad SMARTS) is 1. The van der Waals surface area contributed by atoms with Crippen LogP contribution in [0.4, 0.5) is 4.39 Å². The van der Waals surface area contributed by atoms with Gasteiger partial charge in [0.15, 0.2) is 0 Å². The SMILES string of the molecule is CSc1ccc(F)cc1CC(N)C(=O)O. The van der Waals surface area contributed by atoms with Gasteiger partial charge in [0, 0.05) is 4.90 Å². The van der Waals surface area contributed by atoms with Gasteiger partial charge in [-0.2, -0.15) is 0 Å². The standard InChI is InChI=1S/C10H12FNO2S/c1-15-9-3-2-7(11)4-6(9)5-8(12)10(13)14/h2-4,8H,5,12H2,1H3,(H,13,14). The molecule has 0 fully saturated rings. The van der Waals surface area contributed by atoms with Crippen LogP contribution in [0, 0.1) is 5.82 Å². The number of nitrogens with two attached hydrogens (primary N) is 1. The second-order valence-electron chi connectivity index (χ2n) is 3.11. The van der Waals surface area contributed by atoms with Crippen molar-refractivity contribution in [3.05, 3.63) is 29.6 Å². The average molecular weight is 229 g/mol. The lowest BCUT2D eigenvalue weighted by molar-refractivity contribution is -0.138. The molecular formula is C10H12FNO2S. The monoisotopic (exact) mass is 229 g/mol. The third-order valence-corrected chi connectivity index (χ3v) is 2.84. The number of carboxylic acids is 1. The highest BCUT2D eigenvalue weighted by Crippen LogP contribution is 2.22. The topological polar surface area (TPSA) is 63.3 Å². The molecule has 0 saturated heterocycles. The first kappa shape index (κ1) is 12.0. The van der Waals surface area contributed by atoms with Crippen LogP contribution in [-0.4, -0.2) is 23.4 Å². The zero-order valence-corrected chi connectivity index (χ0v) is 9.05. The maximum Gasteiger partial charge on any atom is 0.320 e. The fourth-order valence-electron chi connectivity index (χ4n) is 1.23. The molecule has 0 aliphatic heterocycles. The number of benzene rings is 1. The molecule has 0 amide bonds. The van der Waals surface area contributed by atoms with E-state index >= 15 is 0 Å². The molecule has 1 rings (SSSR count). The lowest BCUT2D eigenvalue weighted by Gasteiger charge is -2.10. The van der Waals surface area contributed by atoms with Crippen molar-refractivity contribution in [2.24, 2.45) is 5.73 Å². The van der Waals surface area contributed by atoms with E-state index in [0.29, 0.717) is 5.56 Å². The summed E-state index contributed by atoms with van der Waals surface area (Å²) in [6, 6.07) is 3.32. The second-order valence-corrected chi connectivity index (χ2v) is 3.95. The van der Waals surface area contributed by atoms with Gasteiger partial charge in [-0.1, -0.05) is 0 Å². The lowest BCUT2D eigenvalue weighted by Crippen LogP contribution is -2.32. The van der Waals surface area contributed by atoms with Crippen molar-refractivity contribution in [2.45, 2.75) is 17.4 Å². The second kappa shape index (κ2) is 5.14. The minimum atomic E-state index is -1.08. The van der Waals surface area contributed by atoms with Gasteiger partial charge in [0.1, 0.15) is 11.9 Å². The third kappa shape index (κ3) is 3.21. The van der Waals surface area contributed by atoms with Crippen LogP contribution in [-0.2, 0) is 11.2 Å². The van der Waals surface area contributed by atoms with Gasteiger partial charge in [-0.05, 0) is 36.4 Å². The minimum Gasteiger partial charge on any atom is -0.480 e. The van der Waals surface area contributed by atoms with Crippen LogP contribution >= 0.6 is 11.8 Å². The highest BCUT2D eigenvalue weighted by Gasteiger charge is 2.14. The predicted octanol–water partition coefficient (Wildman–Crippen LogP) is 1.50. The van der Waals surface area contributed by atoms with E-state index in [-0.39, 0.29) is 12.2 Å². The van der Waals surface area contributed by atoms with Crippen molar-refractivity contribution >= 4 is 17.7 Å². The van der Waals surface area contributed by atoms with Gasteiger partial charge < -0.3 is 10.8 Å². The van der Waals surface area contributed by atoms with Gasteiger partial charge in [0.2, 0.25) is 0 Å². The highest BCUT2D eigenvalue weighted by molar-refractivity contribution is 7.98. The van der Waals surface area contributed by atoms with Crippen LogP contribution in [0.2, 0.25) is 0 Å². The maximum atomic E-state index is 12.9. The van der Waals surface area contributed by atoms with Crippen molar-refractivity contribution in [3.8, 4) is 0 Å². The Bertz CT molecular complexity index is 370. The van der Waals surface area contributed by atoms with E-state index in [1.807, 2.05) is 6.26 Å². The molecule has 0 radical (unpaired) electrons. The van der Waals surface area contributed by atoms with Gasteiger partial charge in [-0.3, -0.25) is 4.79 Å². The molecule has 3 N–H and O–H groups in total. The van der Waals surface area contributed by atoms with Crippen LogP contribution in [0.1, 0.15) is 5.56 Å². The Balaban J connectivity index is 2.91. The molecule has 0 aromatic heterocycles. The molecule has 15 heavy (non-hydrogen) atoms. The molecule has 1 unspecified atom stereocenters. The maximum absolute atomic E-state index is 12.9. The van der Waals surface area contributed by atoms with Gasteiger partial charge in [0.25, 0.3) is 0 Å². The number of thioether (sulfide) groups is 1. The van der Waals surface area contributed by atoms with Crippen LogP contribution in [0.5, 0.6) is 0 Å². The first-order chi connectivity index (χ1) is 7.04. The highest BCUT2D eigenvalue weighted by atomic mass is 32.2. The van der Waals surface area contributed by atoms with E-state index in [2.05, 4.69) is 0 Å². The molecule has 0 saturated carbocycles. The summed E-state index contributed by atoms with van der Waals surface area (Å²) in [6.45, 7) is 0. The molecular weight excluding hydrogens is 217 g/mol. The number of hydrogen-bond acceptors (Lipinski definition) is 3. The molecule has 1 atom stereocenters. The van der Waals surface area contributed by atoms with E-state index in [1.54, 1.807) is 6.07 Å². The summed E-state index contributed by atoms with van der Waals surface area (Å²) < 4.78 is 12.9. The molecule has 0 bridgehead atoms. The molecule has 1 aromatic carbocycles. The van der Waals surface area contributed by atoms with Gasteiger partial charge >= 0.3 is 5.97 Å². The number of aliphatic carboxylic acids is 1. The van der Waals surface area contributed by atoms with Crippen molar-refractivity contribution in [2.75, 3.05) is 6.26 Å². The van der Waals surface area contributed by atoms with Crippen molar-refractivity contribution in [1.29, 1.82) is 0 Å². The lowest BCUT2D eigenvalue weighted by atomic mass is 10.1. The van der Waals surface area contributed by atoms with E-state index in [9.17, 15) is 9.18 Å². The van der Waals surface area contributed by atoms with Crippen molar-refractivity contribution in [1.82, 2.24) is 0 Å². The molecule has 0 aliphatic rings. The Morgan fingerprint density at radius 1 is 1.67 bits per heavy atom. The molecule has 0 heterocycles. The van der Waals surface area contributed by atoms with Crippen molar-refractivity contribution < 1.29 is 14.3 Å². The summed E-state index contributed by atoms with van der Waals surface area (Å²) in [7, 11) is 0. The largest absolute Gasteiger partial charge is 0.480 e. The molecule has 0 aliphatic carbocycles. The van der Waals surface area contributed by atoms with Gasteiger partial charge in [-0.25, -0.2) is 4.39 Å². The fraction of sp³-hybridized carbons (Fsp3) is 0.300. The number of hydrogen-bond donors (Lipinski definition) is 2. The summed E-state index contributed by atoms with van der Waals surface area (Å²) in [5.41, 5.74) is 6.03.